The standard InChI is InChI=1S/C7H12O5S.K.H/c1-2-7(8)12-5-3-4-6-13(9,10)11;;/h2H,1,3-6H2,(H,9,10,11);;/q;+1;-1. The molecule has 0 spiro atoms. The van der Waals surface area contributed by atoms with E-state index >= 15 is 0 Å². The normalized spacial score (nSPS) is 10.1. The summed E-state index contributed by atoms with van der Waals surface area (Å²) < 4.78 is 33.3. The van der Waals surface area contributed by atoms with Gasteiger partial charge in [0.1, 0.15) is 0 Å². The molecule has 0 aliphatic rings. The van der Waals surface area contributed by atoms with Gasteiger partial charge in [-0.3, -0.25) is 4.55 Å². The first kappa shape index (κ1) is 17.2. The van der Waals surface area contributed by atoms with Crippen LogP contribution in [0.25, 0.3) is 0 Å². The van der Waals surface area contributed by atoms with Gasteiger partial charge in [0, 0.05) is 6.08 Å². The van der Waals surface area contributed by atoms with Crippen LogP contribution in [0.15, 0.2) is 12.7 Å². The summed E-state index contributed by atoms with van der Waals surface area (Å²) in [5.74, 6) is -0.842. The van der Waals surface area contributed by atoms with E-state index in [9.17, 15) is 13.2 Å². The van der Waals surface area contributed by atoms with Crippen LogP contribution in [-0.4, -0.2) is 31.3 Å². The van der Waals surface area contributed by atoms with E-state index in [2.05, 4.69) is 11.3 Å². The quantitative estimate of drug-likeness (QED) is 0.185. The van der Waals surface area contributed by atoms with Crippen LogP contribution in [0, 0.1) is 0 Å². The van der Waals surface area contributed by atoms with E-state index in [1.165, 1.54) is 0 Å². The van der Waals surface area contributed by atoms with E-state index in [0.717, 1.165) is 6.08 Å². The van der Waals surface area contributed by atoms with Gasteiger partial charge in [-0.05, 0) is 12.8 Å². The van der Waals surface area contributed by atoms with E-state index in [4.69, 9.17) is 4.55 Å². The fraction of sp³-hybridized carbons (Fsp3) is 0.571. The molecule has 0 amide bonds. The van der Waals surface area contributed by atoms with Crippen LogP contribution in [0.5, 0.6) is 0 Å². The third kappa shape index (κ3) is 12.8. The van der Waals surface area contributed by atoms with E-state index in [-0.39, 0.29) is 71.6 Å². The van der Waals surface area contributed by atoms with E-state index in [1.54, 1.807) is 0 Å². The summed E-state index contributed by atoms with van der Waals surface area (Å²) in [5, 5.41) is 0. The van der Waals surface area contributed by atoms with Gasteiger partial charge in [-0.15, -0.1) is 0 Å². The van der Waals surface area contributed by atoms with Gasteiger partial charge < -0.3 is 6.16 Å². The van der Waals surface area contributed by atoms with Crippen molar-refractivity contribution >= 4 is 16.1 Å². The van der Waals surface area contributed by atoms with Crippen LogP contribution < -0.4 is 51.4 Å². The van der Waals surface area contributed by atoms with Crippen molar-refractivity contribution < 1.29 is 75.3 Å². The summed E-state index contributed by atoms with van der Waals surface area (Å²) in [7, 11) is -3.89. The summed E-state index contributed by atoms with van der Waals surface area (Å²) in [6, 6.07) is 0. The minimum atomic E-state index is -3.89. The van der Waals surface area contributed by atoms with Crippen molar-refractivity contribution in [3.05, 3.63) is 12.7 Å². The predicted octanol–water partition coefficient (Wildman–Crippen LogP) is -2.50. The van der Waals surface area contributed by atoms with Crippen LogP contribution in [0.2, 0.25) is 0 Å². The number of carbonyl (C=O) groups excluding carboxylic acids is 1. The van der Waals surface area contributed by atoms with Crippen LogP contribution in [0.4, 0.5) is 0 Å². The fourth-order valence-corrected chi connectivity index (χ4v) is 1.19. The molecule has 0 fully saturated rings. The molecule has 0 aliphatic heterocycles. The molecule has 0 rings (SSSR count). The first-order chi connectivity index (χ1) is 5.95. The Labute approximate surface area is 128 Å². The van der Waals surface area contributed by atoms with Crippen LogP contribution in [0.1, 0.15) is 14.3 Å². The largest absolute Gasteiger partial charge is 1.00 e. The third-order valence-electron chi connectivity index (χ3n) is 1.21. The number of ether oxygens (including phenoxy) is 1. The molecule has 0 aliphatic carbocycles. The zero-order chi connectivity index (χ0) is 10.3. The second-order valence-electron chi connectivity index (χ2n) is 2.36. The Bertz CT molecular complexity index is 277. The molecule has 7 heteroatoms. The number of esters is 1. The number of carbonyl (C=O) groups is 1. The molecule has 5 nitrogen and oxygen atoms in total. The first-order valence-electron chi connectivity index (χ1n) is 3.70. The second-order valence-corrected chi connectivity index (χ2v) is 3.94. The van der Waals surface area contributed by atoms with Gasteiger partial charge >= 0.3 is 57.4 Å². The summed E-state index contributed by atoms with van der Waals surface area (Å²) in [4.78, 5) is 10.5. The van der Waals surface area contributed by atoms with Crippen molar-refractivity contribution in [2.24, 2.45) is 0 Å². The van der Waals surface area contributed by atoms with Crippen molar-refractivity contribution in [3.63, 3.8) is 0 Å². The minimum Gasteiger partial charge on any atom is -1.00 e. The van der Waals surface area contributed by atoms with Crippen molar-refractivity contribution in [3.8, 4) is 0 Å². The van der Waals surface area contributed by atoms with Crippen LogP contribution in [-0.2, 0) is 19.6 Å². The maximum Gasteiger partial charge on any atom is 1.00 e. The molecule has 0 atom stereocenters. The van der Waals surface area contributed by atoms with E-state index in [1.807, 2.05) is 0 Å². The summed E-state index contributed by atoms with van der Waals surface area (Å²) in [6.45, 7) is 3.33. The number of hydrogen-bond donors (Lipinski definition) is 1. The van der Waals surface area contributed by atoms with Crippen molar-refractivity contribution in [1.82, 2.24) is 0 Å². The van der Waals surface area contributed by atoms with Gasteiger partial charge in [0.25, 0.3) is 10.1 Å². The van der Waals surface area contributed by atoms with Gasteiger partial charge in [0.15, 0.2) is 0 Å². The van der Waals surface area contributed by atoms with Gasteiger partial charge in [-0.25, -0.2) is 4.79 Å². The third-order valence-corrected chi connectivity index (χ3v) is 2.01. The Balaban J connectivity index is -0.000000720. The SMILES string of the molecule is C=CC(=O)OCCCCS(=O)(=O)O.[H-].[K+]. The summed E-state index contributed by atoms with van der Waals surface area (Å²) in [5.41, 5.74) is 0. The monoisotopic (exact) mass is 248 g/mol. The molecule has 1 N–H and O–H groups in total. The van der Waals surface area contributed by atoms with Crippen LogP contribution >= 0.6 is 0 Å². The van der Waals surface area contributed by atoms with Crippen molar-refractivity contribution in [2.75, 3.05) is 12.4 Å². The van der Waals surface area contributed by atoms with Crippen molar-refractivity contribution in [1.29, 1.82) is 0 Å². The van der Waals surface area contributed by atoms with Gasteiger partial charge in [-0.2, -0.15) is 8.42 Å². The number of unbranched alkanes of at least 4 members (excludes halogenated alkanes) is 1. The molecule has 78 valence electrons. The van der Waals surface area contributed by atoms with Crippen molar-refractivity contribution in [2.45, 2.75) is 12.8 Å². The zero-order valence-electron chi connectivity index (χ0n) is 9.10. The van der Waals surface area contributed by atoms with E-state index in [0.29, 0.717) is 6.42 Å². The molecule has 0 radical (unpaired) electrons. The van der Waals surface area contributed by atoms with Gasteiger partial charge in [-0.1, -0.05) is 6.58 Å². The molecule has 0 saturated carbocycles. The molecule has 0 saturated heterocycles. The Morgan fingerprint density at radius 2 is 2.07 bits per heavy atom. The molecular formula is C7H13KO5S. The van der Waals surface area contributed by atoms with Gasteiger partial charge in [0.05, 0.1) is 12.4 Å². The molecule has 0 unspecified atom stereocenters. The Morgan fingerprint density at radius 1 is 1.50 bits per heavy atom. The molecule has 0 aromatic carbocycles. The average molecular weight is 248 g/mol. The molecule has 0 aromatic rings. The zero-order valence-corrected chi connectivity index (χ0v) is 12.0. The molecular weight excluding hydrogens is 235 g/mol. The fourth-order valence-electron chi connectivity index (χ4n) is 0.618. The smallest absolute Gasteiger partial charge is 1.00 e. The Morgan fingerprint density at radius 3 is 2.50 bits per heavy atom. The Hall–Kier alpha value is 0.756. The predicted molar refractivity (Wildman–Crippen MR) is 47.9 cm³/mol. The first-order valence-corrected chi connectivity index (χ1v) is 5.31. The summed E-state index contributed by atoms with van der Waals surface area (Å²) >= 11 is 0. The topological polar surface area (TPSA) is 80.7 Å². The Kier molecular flexibility index (Phi) is 11.1. The molecule has 0 heterocycles. The minimum absolute atomic E-state index is 0. The maximum absolute atomic E-state index is 10.5. The summed E-state index contributed by atoms with van der Waals surface area (Å²) in [6.07, 6.45) is 1.70. The number of hydrogen-bond acceptors (Lipinski definition) is 4. The van der Waals surface area contributed by atoms with Crippen LogP contribution in [0.3, 0.4) is 0 Å². The number of rotatable bonds is 6. The molecule has 0 aromatic heterocycles. The molecule has 0 bridgehead atoms. The average Bonchev–Trinajstić information content (AvgIpc) is 2.01. The maximum atomic E-state index is 10.5. The molecule has 14 heavy (non-hydrogen) atoms. The second kappa shape index (κ2) is 9.02. The van der Waals surface area contributed by atoms with Gasteiger partial charge in [0.2, 0.25) is 0 Å². The van der Waals surface area contributed by atoms with E-state index < -0.39 is 16.1 Å².